The van der Waals surface area contributed by atoms with Gasteiger partial charge in [-0.15, -0.1) is 0 Å². The molecule has 2 heterocycles. The summed E-state index contributed by atoms with van der Waals surface area (Å²) in [6.45, 7) is 0.462. The number of carbonyl (C=O) groups is 2. The summed E-state index contributed by atoms with van der Waals surface area (Å²) in [7, 11) is 0. The van der Waals surface area contributed by atoms with Gasteiger partial charge < -0.3 is 16.0 Å². The van der Waals surface area contributed by atoms with Gasteiger partial charge in [-0.3, -0.25) is 14.3 Å². The Balaban J connectivity index is 1.43. The van der Waals surface area contributed by atoms with Gasteiger partial charge in [0.05, 0.1) is 11.3 Å². The minimum atomic E-state index is -4.50. The predicted octanol–water partition coefficient (Wildman–Crippen LogP) is 3.40. The number of hydrogen-bond donors (Lipinski definition) is 3. The molecule has 4 rings (SSSR count). The van der Waals surface area contributed by atoms with E-state index in [0.717, 1.165) is 24.3 Å². The van der Waals surface area contributed by atoms with Crippen LogP contribution < -0.4 is 16.0 Å². The molecule has 37 heavy (non-hydrogen) atoms. The first-order valence-corrected chi connectivity index (χ1v) is 11.5. The van der Waals surface area contributed by atoms with Crippen LogP contribution in [0, 0.1) is 11.6 Å². The molecule has 12 heteroatoms. The van der Waals surface area contributed by atoms with Crippen LogP contribution in [0.5, 0.6) is 0 Å². The van der Waals surface area contributed by atoms with Gasteiger partial charge in [-0.2, -0.15) is 18.3 Å². The number of piperidine rings is 1. The van der Waals surface area contributed by atoms with Crippen molar-refractivity contribution in [2.75, 3.05) is 13.1 Å². The molecule has 0 atom stereocenters. The number of benzene rings is 2. The standard InChI is InChI=1S/C25H24F5N5O2/c26-19-5-4-17(20(27)13-19)14-32-23(37)24(7-9-31-10-8-24)33-22(36)15-35-11-6-21(34-35)16-2-1-3-18(12-16)25(28,29)30/h1-6,11-13,31H,7-10,14-15H2,(H,32,37)(H,33,36). The van der Waals surface area contributed by atoms with E-state index in [9.17, 15) is 31.5 Å². The van der Waals surface area contributed by atoms with Crippen molar-refractivity contribution < 1.29 is 31.5 Å². The number of rotatable bonds is 7. The Hall–Kier alpha value is -3.80. The lowest BCUT2D eigenvalue weighted by atomic mass is 9.87. The predicted molar refractivity (Wildman–Crippen MR) is 124 cm³/mol. The van der Waals surface area contributed by atoms with Crippen molar-refractivity contribution in [3.63, 3.8) is 0 Å². The van der Waals surface area contributed by atoms with Gasteiger partial charge in [0, 0.05) is 29.9 Å². The molecule has 1 aliphatic heterocycles. The molecule has 2 amide bonds. The molecule has 1 saturated heterocycles. The minimum Gasteiger partial charge on any atom is -0.350 e. The molecule has 1 fully saturated rings. The third-order valence-corrected chi connectivity index (χ3v) is 6.16. The average Bonchev–Trinajstić information content (AvgIpc) is 3.31. The summed E-state index contributed by atoms with van der Waals surface area (Å²) in [5.74, 6) is -2.55. The normalized spacial score (nSPS) is 15.3. The first-order chi connectivity index (χ1) is 17.6. The van der Waals surface area contributed by atoms with Crippen LogP contribution in [0.4, 0.5) is 22.0 Å². The van der Waals surface area contributed by atoms with Crippen LogP contribution in [-0.4, -0.2) is 40.2 Å². The molecule has 0 radical (unpaired) electrons. The van der Waals surface area contributed by atoms with Crippen molar-refractivity contribution >= 4 is 11.8 Å². The van der Waals surface area contributed by atoms with Crippen molar-refractivity contribution in [3.05, 3.63) is 77.5 Å². The van der Waals surface area contributed by atoms with Crippen LogP contribution in [0.15, 0.2) is 54.7 Å². The monoisotopic (exact) mass is 521 g/mol. The van der Waals surface area contributed by atoms with Crippen molar-refractivity contribution in [3.8, 4) is 11.3 Å². The van der Waals surface area contributed by atoms with Crippen LogP contribution in [-0.2, 0) is 28.9 Å². The van der Waals surface area contributed by atoms with E-state index in [4.69, 9.17) is 0 Å². The number of halogens is 5. The van der Waals surface area contributed by atoms with Gasteiger partial charge in [-0.1, -0.05) is 18.2 Å². The van der Waals surface area contributed by atoms with Crippen LogP contribution in [0.25, 0.3) is 11.3 Å². The van der Waals surface area contributed by atoms with Crippen LogP contribution >= 0.6 is 0 Å². The van der Waals surface area contributed by atoms with Gasteiger partial charge in [0.2, 0.25) is 11.8 Å². The van der Waals surface area contributed by atoms with Crippen LogP contribution in [0.1, 0.15) is 24.0 Å². The van der Waals surface area contributed by atoms with E-state index in [1.165, 1.54) is 35.1 Å². The van der Waals surface area contributed by atoms with E-state index >= 15 is 0 Å². The highest BCUT2D eigenvalue weighted by Crippen LogP contribution is 2.31. The summed E-state index contributed by atoms with van der Waals surface area (Å²) in [6, 6.07) is 9.24. The molecule has 0 unspecified atom stereocenters. The maximum absolute atomic E-state index is 14.0. The second-order valence-electron chi connectivity index (χ2n) is 8.78. The molecule has 0 aliphatic carbocycles. The fourth-order valence-electron chi connectivity index (χ4n) is 4.18. The van der Waals surface area contributed by atoms with E-state index in [1.54, 1.807) is 0 Å². The smallest absolute Gasteiger partial charge is 0.350 e. The molecular formula is C25H24F5N5O2. The van der Waals surface area contributed by atoms with Gasteiger partial charge in [0.15, 0.2) is 0 Å². The zero-order chi connectivity index (χ0) is 26.6. The number of alkyl halides is 3. The van der Waals surface area contributed by atoms with Crippen molar-refractivity contribution in [1.29, 1.82) is 0 Å². The number of aromatic nitrogens is 2. The highest BCUT2D eigenvalue weighted by molar-refractivity contribution is 5.91. The number of hydrogen-bond acceptors (Lipinski definition) is 4. The quantitative estimate of drug-likeness (QED) is 0.416. The van der Waals surface area contributed by atoms with Crippen LogP contribution in [0.3, 0.4) is 0 Å². The van der Waals surface area contributed by atoms with Crippen molar-refractivity contribution in [1.82, 2.24) is 25.7 Å². The highest BCUT2D eigenvalue weighted by Gasteiger charge is 2.41. The second kappa shape index (κ2) is 10.7. The zero-order valence-electron chi connectivity index (χ0n) is 19.5. The molecule has 196 valence electrons. The maximum Gasteiger partial charge on any atom is 0.416 e. The average molecular weight is 521 g/mol. The Morgan fingerprint density at radius 2 is 1.81 bits per heavy atom. The van der Waals surface area contributed by atoms with Gasteiger partial charge in [0.25, 0.3) is 0 Å². The highest BCUT2D eigenvalue weighted by atomic mass is 19.4. The first kappa shape index (κ1) is 26.3. The second-order valence-corrected chi connectivity index (χ2v) is 8.78. The van der Waals surface area contributed by atoms with E-state index in [0.29, 0.717) is 13.1 Å². The summed E-state index contributed by atoms with van der Waals surface area (Å²) in [5, 5.41) is 12.7. The summed E-state index contributed by atoms with van der Waals surface area (Å²) < 4.78 is 67.4. The van der Waals surface area contributed by atoms with E-state index < -0.39 is 40.7 Å². The number of amides is 2. The van der Waals surface area contributed by atoms with E-state index in [2.05, 4.69) is 21.0 Å². The fourth-order valence-corrected chi connectivity index (χ4v) is 4.18. The number of nitrogens with zero attached hydrogens (tertiary/aromatic N) is 2. The molecule has 0 spiro atoms. The Morgan fingerprint density at radius 3 is 2.51 bits per heavy atom. The third-order valence-electron chi connectivity index (χ3n) is 6.16. The Bertz CT molecular complexity index is 1280. The summed E-state index contributed by atoms with van der Waals surface area (Å²) in [4.78, 5) is 26.0. The lowest BCUT2D eigenvalue weighted by Gasteiger charge is -2.37. The third kappa shape index (κ3) is 6.31. The molecule has 1 aliphatic rings. The Labute approximate surface area is 209 Å². The molecule has 0 saturated carbocycles. The number of nitrogens with one attached hydrogen (secondary N) is 3. The molecule has 3 N–H and O–H groups in total. The maximum atomic E-state index is 14.0. The molecule has 0 bridgehead atoms. The van der Waals surface area contributed by atoms with Gasteiger partial charge in [-0.25, -0.2) is 8.78 Å². The molecular weight excluding hydrogens is 497 g/mol. The minimum absolute atomic E-state index is 0.101. The topological polar surface area (TPSA) is 88.0 Å². The zero-order valence-corrected chi connectivity index (χ0v) is 19.5. The summed E-state index contributed by atoms with van der Waals surface area (Å²) >= 11 is 0. The molecule has 7 nitrogen and oxygen atoms in total. The van der Waals surface area contributed by atoms with Gasteiger partial charge >= 0.3 is 6.18 Å². The van der Waals surface area contributed by atoms with Gasteiger partial charge in [0.1, 0.15) is 23.7 Å². The lowest BCUT2D eigenvalue weighted by molar-refractivity contribution is -0.137. The van der Waals surface area contributed by atoms with Gasteiger partial charge in [-0.05, 0) is 50.2 Å². The van der Waals surface area contributed by atoms with Crippen LogP contribution in [0.2, 0.25) is 0 Å². The molecule has 1 aromatic heterocycles. The molecule has 2 aromatic carbocycles. The lowest BCUT2D eigenvalue weighted by Crippen LogP contribution is -2.63. The summed E-state index contributed by atoms with van der Waals surface area (Å²) in [6.07, 6.45) is -2.47. The largest absolute Gasteiger partial charge is 0.416 e. The fraction of sp³-hybridized carbons (Fsp3) is 0.320. The summed E-state index contributed by atoms with van der Waals surface area (Å²) in [5.41, 5.74) is -1.46. The Morgan fingerprint density at radius 1 is 1.05 bits per heavy atom. The van der Waals surface area contributed by atoms with Crippen molar-refractivity contribution in [2.45, 2.75) is 37.6 Å². The SMILES string of the molecule is O=C(Cn1ccc(-c2cccc(C(F)(F)F)c2)n1)NC1(C(=O)NCc2ccc(F)cc2F)CCNCC1. The number of carbonyl (C=O) groups excluding carboxylic acids is 2. The van der Waals surface area contributed by atoms with E-state index in [-0.39, 0.29) is 42.8 Å². The first-order valence-electron chi connectivity index (χ1n) is 11.5. The molecule has 3 aromatic rings. The van der Waals surface area contributed by atoms with Crippen molar-refractivity contribution in [2.24, 2.45) is 0 Å². The Kier molecular flexibility index (Phi) is 7.58. The van der Waals surface area contributed by atoms with E-state index in [1.807, 2.05) is 0 Å².